The predicted molar refractivity (Wildman–Crippen MR) is 74.7 cm³/mol. The maximum absolute atomic E-state index is 13.2. The van der Waals surface area contributed by atoms with Crippen molar-refractivity contribution in [3.8, 4) is 11.4 Å². The summed E-state index contributed by atoms with van der Waals surface area (Å²) in [5.41, 5.74) is 9.14. The molecule has 0 unspecified atom stereocenters. The highest BCUT2D eigenvalue weighted by molar-refractivity contribution is 6.31. The molecule has 2 aromatic rings. The van der Waals surface area contributed by atoms with E-state index in [1.807, 2.05) is 13.8 Å². The summed E-state index contributed by atoms with van der Waals surface area (Å²) in [7, 11) is 0. The predicted octanol–water partition coefficient (Wildman–Crippen LogP) is 3.05. The van der Waals surface area contributed by atoms with E-state index < -0.39 is 5.82 Å². The molecule has 0 atom stereocenters. The maximum atomic E-state index is 13.2. The lowest BCUT2D eigenvalue weighted by Crippen LogP contribution is -2.09. The molecule has 0 fully saturated rings. The third kappa shape index (κ3) is 2.91. The van der Waals surface area contributed by atoms with Crippen molar-refractivity contribution < 1.29 is 4.39 Å². The Labute approximate surface area is 116 Å². The van der Waals surface area contributed by atoms with Crippen LogP contribution in [0.4, 0.5) is 4.39 Å². The van der Waals surface area contributed by atoms with Crippen molar-refractivity contribution in [2.75, 3.05) is 6.54 Å². The largest absolute Gasteiger partial charge is 0.330 e. The summed E-state index contributed by atoms with van der Waals surface area (Å²) in [6.45, 7) is 4.41. The molecule has 0 saturated carbocycles. The van der Waals surface area contributed by atoms with Gasteiger partial charge in [-0.1, -0.05) is 11.6 Å². The van der Waals surface area contributed by atoms with E-state index in [0.717, 1.165) is 23.4 Å². The summed E-state index contributed by atoms with van der Waals surface area (Å²) in [6, 6.07) is 4.48. The van der Waals surface area contributed by atoms with Crippen LogP contribution in [0.5, 0.6) is 0 Å². The summed E-state index contributed by atoms with van der Waals surface area (Å²) in [4.78, 5) is 8.89. The first-order valence-electron chi connectivity index (χ1n) is 6.02. The van der Waals surface area contributed by atoms with E-state index in [0.29, 0.717) is 17.9 Å². The summed E-state index contributed by atoms with van der Waals surface area (Å²) in [6.07, 6.45) is 0.752. The lowest BCUT2D eigenvalue weighted by Gasteiger charge is -2.10. The molecular weight excluding hydrogens is 265 g/mol. The second-order valence-electron chi connectivity index (χ2n) is 4.36. The Bertz CT molecular complexity index is 591. The minimum atomic E-state index is -0.446. The molecule has 100 valence electrons. The third-order valence-electron chi connectivity index (χ3n) is 2.99. The molecule has 2 N–H and O–H groups in total. The third-order valence-corrected chi connectivity index (χ3v) is 3.28. The molecule has 1 heterocycles. The van der Waals surface area contributed by atoms with E-state index in [2.05, 4.69) is 9.97 Å². The number of aromatic nitrogens is 2. The zero-order valence-corrected chi connectivity index (χ0v) is 11.6. The smallest absolute Gasteiger partial charge is 0.159 e. The SMILES string of the molecule is Cc1nc(-c2ccc(F)c(Cl)c2)nc(C)c1CCN. The first kappa shape index (κ1) is 13.9. The highest BCUT2D eigenvalue weighted by Gasteiger charge is 2.10. The molecule has 0 spiro atoms. The zero-order valence-electron chi connectivity index (χ0n) is 10.9. The molecule has 1 aromatic heterocycles. The fraction of sp³-hybridized carbons (Fsp3) is 0.286. The van der Waals surface area contributed by atoms with Crippen LogP contribution in [0.3, 0.4) is 0 Å². The number of halogens is 2. The van der Waals surface area contributed by atoms with Crippen molar-refractivity contribution in [3.05, 3.63) is 46.0 Å². The normalized spacial score (nSPS) is 10.8. The zero-order chi connectivity index (χ0) is 14.0. The van der Waals surface area contributed by atoms with Gasteiger partial charge in [0, 0.05) is 17.0 Å². The molecule has 0 saturated heterocycles. The molecule has 2 rings (SSSR count). The number of hydrogen-bond acceptors (Lipinski definition) is 3. The highest BCUT2D eigenvalue weighted by Crippen LogP contribution is 2.24. The molecule has 0 amide bonds. The number of benzene rings is 1. The first-order chi connectivity index (χ1) is 9.02. The van der Waals surface area contributed by atoms with Crippen LogP contribution in [0.2, 0.25) is 5.02 Å². The second kappa shape index (κ2) is 5.63. The quantitative estimate of drug-likeness (QED) is 0.939. The van der Waals surface area contributed by atoms with E-state index in [-0.39, 0.29) is 5.02 Å². The van der Waals surface area contributed by atoms with Gasteiger partial charge in [0.05, 0.1) is 5.02 Å². The Morgan fingerprint density at radius 2 is 1.84 bits per heavy atom. The van der Waals surface area contributed by atoms with E-state index in [1.165, 1.54) is 12.1 Å². The van der Waals surface area contributed by atoms with Crippen LogP contribution < -0.4 is 5.73 Å². The molecule has 0 aliphatic heterocycles. The molecular formula is C14H15ClFN3. The van der Waals surface area contributed by atoms with E-state index in [4.69, 9.17) is 17.3 Å². The van der Waals surface area contributed by atoms with Gasteiger partial charge in [-0.05, 0) is 50.6 Å². The molecule has 0 radical (unpaired) electrons. The van der Waals surface area contributed by atoms with Crippen molar-refractivity contribution in [3.63, 3.8) is 0 Å². The Kier molecular flexibility index (Phi) is 4.12. The molecule has 5 heteroatoms. The second-order valence-corrected chi connectivity index (χ2v) is 4.77. The lowest BCUT2D eigenvalue weighted by atomic mass is 10.1. The van der Waals surface area contributed by atoms with Gasteiger partial charge in [-0.2, -0.15) is 0 Å². The topological polar surface area (TPSA) is 51.8 Å². The lowest BCUT2D eigenvalue weighted by molar-refractivity contribution is 0.628. The molecule has 3 nitrogen and oxygen atoms in total. The molecule has 19 heavy (non-hydrogen) atoms. The van der Waals surface area contributed by atoms with Crippen LogP contribution in [0.15, 0.2) is 18.2 Å². The first-order valence-corrected chi connectivity index (χ1v) is 6.40. The average molecular weight is 280 g/mol. The minimum absolute atomic E-state index is 0.0717. The molecule has 0 bridgehead atoms. The molecule has 0 aliphatic carbocycles. The highest BCUT2D eigenvalue weighted by atomic mass is 35.5. The molecule has 0 aliphatic rings. The van der Waals surface area contributed by atoms with Gasteiger partial charge in [0.15, 0.2) is 5.82 Å². The van der Waals surface area contributed by atoms with Crippen molar-refractivity contribution in [2.45, 2.75) is 20.3 Å². The monoisotopic (exact) mass is 279 g/mol. The Balaban J connectivity index is 2.48. The fourth-order valence-electron chi connectivity index (χ4n) is 2.01. The van der Waals surface area contributed by atoms with Crippen LogP contribution in [-0.4, -0.2) is 16.5 Å². The van der Waals surface area contributed by atoms with E-state index in [1.54, 1.807) is 6.07 Å². The summed E-state index contributed by atoms with van der Waals surface area (Å²) >= 11 is 5.78. The van der Waals surface area contributed by atoms with Crippen LogP contribution in [0, 0.1) is 19.7 Å². The van der Waals surface area contributed by atoms with Crippen LogP contribution in [-0.2, 0) is 6.42 Å². The Morgan fingerprint density at radius 1 is 1.21 bits per heavy atom. The van der Waals surface area contributed by atoms with Gasteiger partial charge in [-0.15, -0.1) is 0 Å². The van der Waals surface area contributed by atoms with Gasteiger partial charge in [0.25, 0.3) is 0 Å². The fourth-order valence-corrected chi connectivity index (χ4v) is 2.19. The summed E-state index contributed by atoms with van der Waals surface area (Å²) < 4.78 is 13.2. The van der Waals surface area contributed by atoms with Gasteiger partial charge in [-0.3, -0.25) is 0 Å². The Hall–Kier alpha value is -1.52. The summed E-state index contributed by atoms with van der Waals surface area (Å²) in [5, 5.41) is 0.0717. The number of aryl methyl sites for hydroxylation is 2. The van der Waals surface area contributed by atoms with Crippen molar-refractivity contribution in [2.24, 2.45) is 5.73 Å². The van der Waals surface area contributed by atoms with Crippen molar-refractivity contribution in [1.29, 1.82) is 0 Å². The number of hydrogen-bond donors (Lipinski definition) is 1. The Morgan fingerprint density at radius 3 is 2.37 bits per heavy atom. The molecule has 1 aromatic carbocycles. The van der Waals surface area contributed by atoms with E-state index >= 15 is 0 Å². The van der Waals surface area contributed by atoms with Gasteiger partial charge in [-0.25, -0.2) is 14.4 Å². The maximum Gasteiger partial charge on any atom is 0.159 e. The van der Waals surface area contributed by atoms with E-state index in [9.17, 15) is 4.39 Å². The number of nitrogens with two attached hydrogens (primary N) is 1. The van der Waals surface area contributed by atoms with Crippen LogP contribution >= 0.6 is 11.6 Å². The van der Waals surface area contributed by atoms with Gasteiger partial charge in [0.2, 0.25) is 0 Å². The average Bonchev–Trinajstić information content (AvgIpc) is 2.37. The van der Waals surface area contributed by atoms with Gasteiger partial charge in [0.1, 0.15) is 5.82 Å². The number of rotatable bonds is 3. The number of nitrogens with zero attached hydrogens (tertiary/aromatic N) is 2. The minimum Gasteiger partial charge on any atom is -0.330 e. The van der Waals surface area contributed by atoms with Crippen molar-refractivity contribution in [1.82, 2.24) is 9.97 Å². The van der Waals surface area contributed by atoms with Crippen LogP contribution in [0.1, 0.15) is 17.0 Å². The standard InChI is InChI=1S/C14H15ClFN3/c1-8-11(5-6-17)9(2)19-14(18-8)10-3-4-13(16)12(15)7-10/h3-4,7H,5-6,17H2,1-2H3. The van der Waals surface area contributed by atoms with Gasteiger partial charge >= 0.3 is 0 Å². The van der Waals surface area contributed by atoms with Gasteiger partial charge < -0.3 is 5.73 Å². The van der Waals surface area contributed by atoms with Crippen molar-refractivity contribution >= 4 is 11.6 Å². The van der Waals surface area contributed by atoms with Crippen LogP contribution in [0.25, 0.3) is 11.4 Å². The summed E-state index contributed by atoms with van der Waals surface area (Å²) in [5.74, 6) is 0.108.